The summed E-state index contributed by atoms with van der Waals surface area (Å²) in [7, 11) is 0. The predicted molar refractivity (Wildman–Crippen MR) is 119 cm³/mol. The third-order valence-corrected chi connectivity index (χ3v) is 7.02. The first-order chi connectivity index (χ1) is 15.8. The van der Waals surface area contributed by atoms with Gasteiger partial charge in [0.25, 0.3) is 0 Å². The molecular formula is C24H18Cl2N4O3. The molecule has 9 heteroatoms. The molecule has 0 aliphatic carbocycles. The van der Waals surface area contributed by atoms with Crippen LogP contribution in [0.25, 0.3) is 0 Å². The molecule has 0 spiro atoms. The Labute approximate surface area is 201 Å². The lowest BCUT2D eigenvalue weighted by molar-refractivity contribution is -0.288. The van der Waals surface area contributed by atoms with Gasteiger partial charge in [0.05, 0.1) is 35.8 Å². The molecule has 4 atom stereocenters. The van der Waals surface area contributed by atoms with Crippen LogP contribution in [0, 0.1) is 56.2 Å². The smallest absolute Gasteiger partial charge is 0.245 e. The van der Waals surface area contributed by atoms with Gasteiger partial charge in [0, 0.05) is 16.1 Å². The van der Waals surface area contributed by atoms with Crippen molar-refractivity contribution in [3.8, 4) is 24.0 Å². The Bertz CT molecular complexity index is 1260. The van der Waals surface area contributed by atoms with E-state index in [-0.39, 0.29) is 5.02 Å². The van der Waals surface area contributed by atoms with Gasteiger partial charge in [-0.3, -0.25) is 5.41 Å². The number of nitrogens with zero attached hydrogens (tertiary/aromatic N) is 3. The maximum Gasteiger partial charge on any atom is 0.245 e. The number of hydrogen-bond donors (Lipinski definition) is 1. The lowest BCUT2D eigenvalue weighted by Gasteiger charge is -2.49. The van der Waals surface area contributed by atoms with E-state index < -0.39 is 34.5 Å². The van der Waals surface area contributed by atoms with Crippen molar-refractivity contribution in [2.75, 3.05) is 6.61 Å². The standard InChI is InChI=1S/C24H18Cl2N4O3/c1-3-31-19-7-5-4-6-16(19)20-22(11-27,12-28)23(13-29)14(2)24(32-20,33-21(23)30)17-9-8-15(25)10-18(17)26/h4-10,14,20,30H,3H2,1-2H3. The summed E-state index contributed by atoms with van der Waals surface area (Å²) in [6, 6.07) is 17.6. The molecule has 1 N–H and O–H groups in total. The predicted octanol–water partition coefficient (Wildman–Crippen LogP) is 5.50. The fraction of sp³-hybridized carbons (Fsp3) is 0.333. The van der Waals surface area contributed by atoms with E-state index in [0.717, 1.165) is 0 Å². The third kappa shape index (κ3) is 2.79. The van der Waals surface area contributed by atoms with Crippen LogP contribution < -0.4 is 4.74 Å². The summed E-state index contributed by atoms with van der Waals surface area (Å²) < 4.78 is 18.2. The van der Waals surface area contributed by atoms with Crippen molar-refractivity contribution in [2.45, 2.75) is 25.7 Å². The number of fused-ring (bicyclic) bond motifs is 2. The first kappa shape index (κ1) is 22.9. The number of benzene rings is 2. The molecule has 4 rings (SSSR count). The van der Waals surface area contributed by atoms with Crippen LogP contribution in [0.1, 0.15) is 31.1 Å². The van der Waals surface area contributed by atoms with Crippen molar-refractivity contribution in [1.82, 2.24) is 0 Å². The molecule has 2 aromatic rings. The molecule has 2 aromatic carbocycles. The molecule has 166 valence electrons. The molecule has 7 nitrogen and oxygen atoms in total. The Kier molecular flexibility index (Phi) is 5.51. The van der Waals surface area contributed by atoms with Crippen LogP contribution in [-0.2, 0) is 15.3 Å². The molecule has 2 aliphatic heterocycles. The second-order valence-corrected chi connectivity index (χ2v) is 8.71. The van der Waals surface area contributed by atoms with E-state index in [2.05, 4.69) is 6.07 Å². The van der Waals surface area contributed by atoms with E-state index in [1.807, 2.05) is 12.1 Å². The SMILES string of the molecule is CCOc1ccccc1C1OC2(c3ccc(Cl)cc3Cl)OC(=N)C(C#N)(C2C)C1(C#N)C#N. The number of rotatable bonds is 4. The zero-order valence-corrected chi connectivity index (χ0v) is 19.2. The average molecular weight is 481 g/mol. The number of nitrogens with one attached hydrogen (secondary N) is 1. The zero-order valence-electron chi connectivity index (χ0n) is 17.7. The van der Waals surface area contributed by atoms with Crippen molar-refractivity contribution in [3.63, 3.8) is 0 Å². The van der Waals surface area contributed by atoms with Crippen molar-refractivity contribution in [3.05, 3.63) is 63.6 Å². The van der Waals surface area contributed by atoms with E-state index in [9.17, 15) is 15.8 Å². The number of halogens is 2. The van der Waals surface area contributed by atoms with Crippen LogP contribution in [0.2, 0.25) is 10.0 Å². The van der Waals surface area contributed by atoms with Crippen LogP contribution in [0.15, 0.2) is 42.5 Å². The van der Waals surface area contributed by atoms with Gasteiger partial charge in [-0.1, -0.05) is 48.3 Å². The van der Waals surface area contributed by atoms with Crippen molar-refractivity contribution in [1.29, 1.82) is 21.2 Å². The highest BCUT2D eigenvalue weighted by Crippen LogP contribution is 2.69. The minimum atomic E-state index is -2.11. The Morgan fingerprint density at radius 2 is 1.79 bits per heavy atom. The van der Waals surface area contributed by atoms with E-state index >= 15 is 0 Å². The van der Waals surface area contributed by atoms with Gasteiger partial charge in [-0.05, 0) is 31.2 Å². The first-order valence-corrected chi connectivity index (χ1v) is 10.9. The molecule has 0 aromatic heterocycles. The van der Waals surface area contributed by atoms with Gasteiger partial charge in [-0.2, -0.15) is 15.8 Å². The Hall–Kier alpha value is -3.28. The quantitative estimate of drug-likeness (QED) is 0.615. The highest BCUT2D eigenvalue weighted by molar-refractivity contribution is 6.35. The molecule has 0 amide bonds. The van der Waals surface area contributed by atoms with Crippen molar-refractivity contribution in [2.24, 2.45) is 16.7 Å². The molecule has 33 heavy (non-hydrogen) atoms. The monoisotopic (exact) mass is 480 g/mol. The van der Waals surface area contributed by atoms with Gasteiger partial charge in [-0.15, -0.1) is 0 Å². The molecule has 2 fully saturated rings. The Morgan fingerprint density at radius 3 is 2.39 bits per heavy atom. The summed E-state index contributed by atoms with van der Waals surface area (Å²) in [5.74, 6) is -2.78. The highest BCUT2D eigenvalue weighted by atomic mass is 35.5. The van der Waals surface area contributed by atoms with Crippen LogP contribution in [-0.4, -0.2) is 12.5 Å². The van der Waals surface area contributed by atoms with Crippen LogP contribution >= 0.6 is 23.2 Å². The summed E-state index contributed by atoms with van der Waals surface area (Å²) in [4.78, 5) is 0. The van der Waals surface area contributed by atoms with E-state index in [1.165, 1.54) is 6.07 Å². The van der Waals surface area contributed by atoms with Gasteiger partial charge in [-0.25, -0.2) is 0 Å². The summed E-state index contributed by atoms with van der Waals surface area (Å²) in [6.45, 7) is 3.75. The largest absolute Gasteiger partial charge is 0.493 e. The topological polar surface area (TPSA) is 123 Å². The Balaban J connectivity index is 2.07. The molecule has 4 unspecified atom stereocenters. The highest BCUT2D eigenvalue weighted by Gasteiger charge is 2.80. The van der Waals surface area contributed by atoms with E-state index in [0.29, 0.717) is 28.5 Å². The molecule has 2 heterocycles. The Morgan fingerprint density at radius 1 is 1.09 bits per heavy atom. The van der Waals surface area contributed by atoms with E-state index in [4.69, 9.17) is 42.8 Å². The number of hydrogen-bond acceptors (Lipinski definition) is 7. The average Bonchev–Trinajstić information content (AvgIpc) is 2.96. The fourth-order valence-electron chi connectivity index (χ4n) is 4.88. The summed E-state index contributed by atoms with van der Waals surface area (Å²) >= 11 is 12.6. The summed E-state index contributed by atoms with van der Waals surface area (Å²) in [5.41, 5.74) is -3.32. The first-order valence-electron chi connectivity index (χ1n) is 10.1. The van der Waals surface area contributed by atoms with Crippen molar-refractivity contribution < 1.29 is 14.2 Å². The zero-order chi connectivity index (χ0) is 24.0. The molecule has 2 aliphatic rings. The second-order valence-electron chi connectivity index (χ2n) is 7.86. The lowest BCUT2D eigenvalue weighted by Crippen LogP contribution is -2.57. The molecule has 0 saturated carbocycles. The van der Waals surface area contributed by atoms with Crippen LogP contribution in [0.3, 0.4) is 0 Å². The summed E-state index contributed by atoms with van der Waals surface area (Å²) in [6.07, 6.45) is -1.29. The van der Waals surface area contributed by atoms with Gasteiger partial charge < -0.3 is 14.2 Å². The van der Waals surface area contributed by atoms with Crippen LogP contribution in [0.5, 0.6) is 5.75 Å². The number of para-hydroxylation sites is 1. The maximum atomic E-state index is 10.4. The van der Waals surface area contributed by atoms with E-state index in [1.54, 1.807) is 50.2 Å². The van der Waals surface area contributed by atoms with Crippen LogP contribution in [0.4, 0.5) is 0 Å². The third-order valence-electron chi connectivity index (χ3n) is 6.48. The van der Waals surface area contributed by atoms with Gasteiger partial charge in [0.2, 0.25) is 17.1 Å². The molecular weight excluding hydrogens is 463 g/mol. The molecule has 2 bridgehead atoms. The normalized spacial score (nSPS) is 29.3. The van der Waals surface area contributed by atoms with Gasteiger partial charge in [0.1, 0.15) is 11.9 Å². The maximum absolute atomic E-state index is 10.4. The fourth-order valence-corrected chi connectivity index (χ4v) is 5.42. The minimum Gasteiger partial charge on any atom is -0.493 e. The number of nitriles is 3. The molecule has 2 saturated heterocycles. The number of ether oxygens (including phenoxy) is 3. The van der Waals surface area contributed by atoms with Gasteiger partial charge >= 0.3 is 0 Å². The minimum absolute atomic E-state index is 0.203. The van der Waals surface area contributed by atoms with Gasteiger partial charge in [0.15, 0.2) is 5.41 Å². The lowest BCUT2D eigenvalue weighted by atomic mass is 9.53. The summed E-state index contributed by atoms with van der Waals surface area (Å²) in [5, 5.41) is 40.4. The van der Waals surface area contributed by atoms with Crippen molar-refractivity contribution >= 4 is 29.1 Å². The second kappa shape index (κ2) is 7.94. The molecule has 0 radical (unpaired) electrons.